The third-order valence-electron chi connectivity index (χ3n) is 2.87. The van der Waals surface area contributed by atoms with E-state index in [1.54, 1.807) is 31.2 Å². The van der Waals surface area contributed by atoms with E-state index in [1.807, 2.05) is 6.07 Å². The molecule has 0 aromatic heterocycles. The Morgan fingerprint density at radius 1 is 1.11 bits per heavy atom. The van der Waals surface area contributed by atoms with Gasteiger partial charge in [0.05, 0.1) is 17.3 Å². The second-order valence-electron chi connectivity index (χ2n) is 4.17. The minimum atomic E-state index is -0.875. The lowest BCUT2D eigenvalue weighted by molar-refractivity contribution is 0.494. The highest BCUT2D eigenvalue weighted by atomic mass is 19.2. The fourth-order valence-corrected chi connectivity index (χ4v) is 1.87. The van der Waals surface area contributed by atoms with Crippen LogP contribution in [0.5, 0.6) is 0 Å². The molecule has 1 unspecified atom stereocenters. The minimum absolute atomic E-state index is 0.229. The molecule has 0 aliphatic rings. The van der Waals surface area contributed by atoms with Gasteiger partial charge in [-0.2, -0.15) is 5.26 Å². The second kappa shape index (κ2) is 5.49. The van der Waals surface area contributed by atoms with Crippen LogP contribution in [0.1, 0.15) is 24.1 Å². The lowest BCUT2D eigenvalue weighted by atomic mass is 10.1. The summed E-state index contributed by atoms with van der Waals surface area (Å²) in [7, 11) is 0. The van der Waals surface area contributed by atoms with Gasteiger partial charge in [-0.3, -0.25) is 0 Å². The number of benzene rings is 2. The molecule has 0 radical (unpaired) electrons. The van der Waals surface area contributed by atoms with Crippen molar-refractivity contribution in [1.82, 2.24) is 0 Å². The van der Waals surface area contributed by atoms with Gasteiger partial charge in [0, 0.05) is 5.56 Å². The van der Waals surface area contributed by atoms with Crippen molar-refractivity contribution in [2.45, 2.75) is 13.0 Å². The maximum absolute atomic E-state index is 13.7. The van der Waals surface area contributed by atoms with Crippen LogP contribution >= 0.6 is 0 Å². The van der Waals surface area contributed by atoms with Crippen molar-refractivity contribution >= 4 is 5.69 Å². The lowest BCUT2D eigenvalue weighted by Crippen LogP contribution is -2.10. The topological polar surface area (TPSA) is 35.8 Å². The van der Waals surface area contributed by atoms with Gasteiger partial charge in [0.2, 0.25) is 0 Å². The molecule has 2 aromatic rings. The Hall–Kier alpha value is -2.41. The van der Waals surface area contributed by atoms with Gasteiger partial charge in [0.1, 0.15) is 6.07 Å². The number of nitrogens with one attached hydrogen (secondary N) is 1. The van der Waals surface area contributed by atoms with E-state index in [0.717, 1.165) is 6.07 Å². The molecule has 2 nitrogen and oxygen atoms in total. The summed E-state index contributed by atoms with van der Waals surface area (Å²) in [5.41, 5.74) is 1.29. The van der Waals surface area contributed by atoms with E-state index in [2.05, 4.69) is 5.32 Å². The number of hydrogen-bond acceptors (Lipinski definition) is 2. The van der Waals surface area contributed by atoms with Gasteiger partial charge in [-0.1, -0.05) is 24.3 Å². The molecule has 0 saturated carbocycles. The molecule has 0 fully saturated rings. The maximum Gasteiger partial charge on any atom is 0.164 e. The van der Waals surface area contributed by atoms with Gasteiger partial charge in [-0.05, 0) is 25.1 Å². The highest BCUT2D eigenvalue weighted by Gasteiger charge is 2.14. The molecular weight excluding hydrogens is 246 g/mol. The van der Waals surface area contributed by atoms with Crippen LogP contribution in [0.3, 0.4) is 0 Å². The molecule has 0 aliphatic heterocycles. The van der Waals surface area contributed by atoms with E-state index in [9.17, 15) is 8.78 Å². The highest BCUT2D eigenvalue weighted by molar-refractivity contribution is 5.58. The van der Waals surface area contributed by atoms with Crippen LogP contribution in [0.4, 0.5) is 14.5 Å². The first-order valence-electron chi connectivity index (χ1n) is 5.83. The Morgan fingerprint density at radius 3 is 2.58 bits per heavy atom. The van der Waals surface area contributed by atoms with Crippen molar-refractivity contribution in [2.24, 2.45) is 0 Å². The van der Waals surface area contributed by atoms with Crippen molar-refractivity contribution < 1.29 is 8.78 Å². The minimum Gasteiger partial charge on any atom is -0.377 e. The Morgan fingerprint density at radius 2 is 1.84 bits per heavy atom. The number of halogens is 2. The van der Waals surface area contributed by atoms with Crippen LogP contribution in [0.2, 0.25) is 0 Å². The molecule has 2 rings (SSSR count). The molecule has 1 N–H and O–H groups in total. The molecule has 0 bridgehead atoms. The number of para-hydroxylation sites is 1. The van der Waals surface area contributed by atoms with E-state index in [-0.39, 0.29) is 5.56 Å². The summed E-state index contributed by atoms with van der Waals surface area (Å²) in [4.78, 5) is 0. The molecule has 0 saturated heterocycles. The summed E-state index contributed by atoms with van der Waals surface area (Å²) in [6, 6.07) is 12.6. The van der Waals surface area contributed by atoms with Crippen LogP contribution in [-0.2, 0) is 0 Å². The Bertz CT molecular complexity index is 632. The van der Waals surface area contributed by atoms with Gasteiger partial charge in [0.15, 0.2) is 11.6 Å². The van der Waals surface area contributed by atoms with E-state index >= 15 is 0 Å². The van der Waals surface area contributed by atoms with Gasteiger partial charge in [-0.15, -0.1) is 0 Å². The van der Waals surface area contributed by atoms with Gasteiger partial charge in [-0.25, -0.2) is 8.78 Å². The third kappa shape index (κ3) is 2.71. The molecule has 96 valence electrons. The first kappa shape index (κ1) is 13.0. The van der Waals surface area contributed by atoms with E-state index in [4.69, 9.17) is 5.26 Å². The van der Waals surface area contributed by atoms with Gasteiger partial charge in [0.25, 0.3) is 0 Å². The van der Waals surface area contributed by atoms with Crippen LogP contribution in [-0.4, -0.2) is 0 Å². The number of rotatable bonds is 3. The molecule has 4 heteroatoms. The van der Waals surface area contributed by atoms with Crippen molar-refractivity contribution in [3.63, 3.8) is 0 Å². The van der Waals surface area contributed by atoms with Crippen molar-refractivity contribution in [3.8, 4) is 6.07 Å². The zero-order valence-corrected chi connectivity index (χ0v) is 10.3. The molecular formula is C15H12F2N2. The second-order valence-corrected chi connectivity index (χ2v) is 4.17. The Labute approximate surface area is 110 Å². The summed E-state index contributed by atoms with van der Waals surface area (Å²) in [5.74, 6) is -1.74. The Kier molecular flexibility index (Phi) is 3.76. The predicted molar refractivity (Wildman–Crippen MR) is 69.6 cm³/mol. The fraction of sp³-hybridized carbons (Fsp3) is 0.133. The molecule has 19 heavy (non-hydrogen) atoms. The molecule has 0 heterocycles. The number of nitriles is 1. The standard InChI is InChI=1S/C15H12F2N2/c1-10(12-6-4-7-13(16)15(12)17)19-14-8-3-2-5-11(14)9-18/h2-8,10,19H,1H3. The summed E-state index contributed by atoms with van der Waals surface area (Å²) < 4.78 is 26.8. The average Bonchev–Trinajstić information content (AvgIpc) is 2.42. The normalized spacial score (nSPS) is 11.7. The quantitative estimate of drug-likeness (QED) is 0.902. The summed E-state index contributed by atoms with van der Waals surface area (Å²) in [5, 5.41) is 12.0. The van der Waals surface area contributed by atoms with E-state index in [0.29, 0.717) is 11.3 Å². The molecule has 2 aromatic carbocycles. The molecule has 1 atom stereocenters. The fourth-order valence-electron chi connectivity index (χ4n) is 1.87. The third-order valence-corrected chi connectivity index (χ3v) is 2.87. The van der Waals surface area contributed by atoms with Crippen molar-refractivity contribution in [1.29, 1.82) is 5.26 Å². The highest BCUT2D eigenvalue weighted by Crippen LogP contribution is 2.24. The van der Waals surface area contributed by atoms with E-state index in [1.165, 1.54) is 12.1 Å². The predicted octanol–water partition coefficient (Wildman–Crippen LogP) is 4.01. The summed E-state index contributed by atoms with van der Waals surface area (Å²) in [6.07, 6.45) is 0. The zero-order chi connectivity index (χ0) is 13.8. The monoisotopic (exact) mass is 258 g/mol. The van der Waals surface area contributed by atoms with Gasteiger partial charge < -0.3 is 5.32 Å². The first-order valence-corrected chi connectivity index (χ1v) is 5.83. The average molecular weight is 258 g/mol. The molecule has 0 spiro atoms. The van der Waals surface area contributed by atoms with Gasteiger partial charge >= 0.3 is 0 Å². The van der Waals surface area contributed by atoms with E-state index < -0.39 is 17.7 Å². The Balaban J connectivity index is 2.29. The number of nitrogens with zero attached hydrogens (tertiary/aromatic N) is 1. The van der Waals surface area contributed by atoms with Crippen LogP contribution < -0.4 is 5.32 Å². The number of anilines is 1. The SMILES string of the molecule is CC(Nc1ccccc1C#N)c1cccc(F)c1F. The summed E-state index contributed by atoms with van der Waals surface area (Å²) in [6.45, 7) is 1.71. The lowest BCUT2D eigenvalue weighted by Gasteiger charge is -2.17. The maximum atomic E-state index is 13.7. The van der Waals surface area contributed by atoms with Crippen LogP contribution in [0, 0.1) is 23.0 Å². The van der Waals surface area contributed by atoms with Crippen molar-refractivity contribution in [2.75, 3.05) is 5.32 Å². The zero-order valence-electron chi connectivity index (χ0n) is 10.3. The van der Waals surface area contributed by atoms with Crippen molar-refractivity contribution in [3.05, 3.63) is 65.2 Å². The number of hydrogen-bond donors (Lipinski definition) is 1. The smallest absolute Gasteiger partial charge is 0.164 e. The van der Waals surface area contributed by atoms with Crippen LogP contribution in [0.25, 0.3) is 0 Å². The largest absolute Gasteiger partial charge is 0.377 e. The summed E-state index contributed by atoms with van der Waals surface area (Å²) >= 11 is 0. The molecule has 0 aliphatic carbocycles. The molecule has 0 amide bonds. The first-order chi connectivity index (χ1) is 9.13. The van der Waals surface area contributed by atoms with Crippen LogP contribution in [0.15, 0.2) is 42.5 Å².